The zero-order valence-corrected chi connectivity index (χ0v) is 12.6. The third-order valence-electron chi connectivity index (χ3n) is 3.49. The molecule has 0 bridgehead atoms. The molecule has 1 N–H and O–H groups in total. The Kier molecular flexibility index (Phi) is 4.22. The molecule has 1 aromatic heterocycles. The SMILES string of the molecule is COC(=O)Cc1ccc(CNC2COc3ccccc32)s1. The fraction of sp³-hybridized carbons (Fsp3) is 0.312. The van der Waals surface area contributed by atoms with E-state index in [-0.39, 0.29) is 12.0 Å². The number of carbonyl (C=O) groups is 1. The molecule has 0 amide bonds. The van der Waals surface area contributed by atoms with E-state index in [1.807, 2.05) is 24.3 Å². The fourth-order valence-electron chi connectivity index (χ4n) is 2.38. The Labute approximate surface area is 127 Å². The van der Waals surface area contributed by atoms with E-state index in [0.717, 1.165) is 17.2 Å². The number of nitrogens with one attached hydrogen (secondary N) is 1. The Morgan fingerprint density at radius 1 is 1.33 bits per heavy atom. The number of para-hydroxylation sites is 1. The van der Waals surface area contributed by atoms with Gasteiger partial charge in [0, 0.05) is 21.9 Å². The van der Waals surface area contributed by atoms with Crippen LogP contribution >= 0.6 is 11.3 Å². The second-order valence-corrected chi connectivity index (χ2v) is 6.16. The molecular weight excluding hydrogens is 286 g/mol. The van der Waals surface area contributed by atoms with Gasteiger partial charge in [0.05, 0.1) is 19.6 Å². The van der Waals surface area contributed by atoms with Gasteiger partial charge < -0.3 is 14.8 Å². The van der Waals surface area contributed by atoms with Crippen LogP contribution in [-0.4, -0.2) is 19.7 Å². The molecular formula is C16H17NO3S. The van der Waals surface area contributed by atoms with E-state index < -0.39 is 0 Å². The van der Waals surface area contributed by atoms with Gasteiger partial charge >= 0.3 is 5.97 Å². The van der Waals surface area contributed by atoms with Gasteiger partial charge in [-0.2, -0.15) is 0 Å². The second-order valence-electron chi connectivity index (χ2n) is 4.90. The molecule has 0 radical (unpaired) electrons. The Bertz CT molecular complexity index is 638. The molecule has 2 aromatic rings. The van der Waals surface area contributed by atoms with Crippen molar-refractivity contribution in [1.82, 2.24) is 5.32 Å². The lowest BCUT2D eigenvalue weighted by atomic mass is 10.1. The highest BCUT2D eigenvalue weighted by atomic mass is 32.1. The molecule has 0 spiro atoms. The average Bonchev–Trinajstić information content (AvgIpc) is 3.11. The van der Waals surface area contributed by atoms with Crippen molar-refractivity contribution in [1.29, 1.82) is 0 Å². The normalized spacial score (nSPS) is 16.3. The standard InChI is InChI=1S/C16H17NO3S/c1-19-16(18)8-11-6-7-12(21-11)9-17-14-10-20-15-5-3-2-4-13(14)15/h2-7,14,17H,8-10H2,1H3. The van der Waals surface area contributed by atoms with Gasteiger partial charge in [0.15, 0.2) is 0 Å². The van der Waals surface area contributed by atoms with Crippen LogP contribution in [0.3, 0.4) is 0 Å². The lowest BCUT2D eigenvalue weighted by Crippen LogP contribution is -2.21. The largest absolute Gasteiger partial charge is 0.491 e. The molecule has 110 valence electrons. The summed E-state index contributed by atoms with van der Waals surface area (Å²) in [4.78, 5) is 13.5. The van der Waals surface area contributed by atoms with Crippen molar-refractivity contribution in [2.75, 3.05) is 13.7 Å². The van der Waals surface area contributed by atoms with Crippen LogP contribution in [0.25, 0.3) is 0 Å². The number of hydrogen-bond acceptors (Lipinski definition) is 5. The highest BCUT2D eigenvalue weighted by Gasteiger charge is 2.22. The van der Waals surface area contributed by atoms with Crippen LogP contribution in [0.15, 0.2) is 36.4 Å². The van der Waals surface area contributed by atoms with Gasteiger partial charge in [-0.25, -0.2) is 0 Å². The van der Waals surface area contributed by atoms with Crippen molar-refractivity contribution >= 4 is 17.3 Å². The first kappa shape index (κ1) is 14.1. The molecule has 3 rings (SSSR count). The molecule has 0 fully saturated rings. The van der Waals surface area contributed by atoms with Gasteiger partial charge in [-0.3, -0.25) is 4.79 Å². The third kappa shape index (κ3) is 3.25. The number of thiophene rings is 1. The van der Waals surface area contributed by atoms with Crippen molar-refractivity contribution in [2.45, 2.75) is 19.0 Å². The van der Waals surface area contributed by atoms with Gasteiger partial charge in [0.2, 0.25) is 0 Å². The van der Waals surface area contributed by atoms with Crippen LogP contribution in [-0.2, 0) is 22.5 Å². The zero-order valence-electron chi connectivity index (χ0n) is 11.8. The van der Waals surface area contributed by atoms with Crippen molar-refractivity contribution < 1.29 is 14.3 Å². The highest BCUT2D eigenvalue weighted by molar-refractivity contribution is 7.12. The van der Waals surface area contributed by atoms with E-state index in [4.69, 9.17) is 4.74 Å². The number of rotatable bonds is 5. The molecule has 21 heavy (non-hydrogen) atoms. The Balaban J connectivity index is 1.58. The molecule has 1 aromatic carbocycles. The molecule has 1 atom stereocenters. The summed E-state index contributed by atoms with van der Waals surface area (Å²) < 4.78 is 10.3. The summed E-state index contributed by atoms with van der Waals surface area (Å²) in [6.45, 7) is 1.44. The van der Waals surface area contributed by atoms with Crippen LogP contribution in [0.2, 0.25) is 0 Å². The summed E-state index contributed by atoms with van der Waals surface area (Å²) in [5, 5.41) is 3.50. The maximum Gasteiger partial charge on any atom is 0.310 e. The summed E-state index contributed by atoms with van der Waals surface area (Å²) in [5.41, 5.74) is 1.21. The number of methoxy groups -OCH3 is 1. The number of benzene rings is 1. The smallest absolute Gasteiger partial charge is 0.310 e. The molecule has 2 heterocycles. The van der Waals surface area contributed by atoms with Crippen LogP contribution in [0.4, 0.5) is 0 Å². The Morgan fingerprint density at radius 2 is 2.14 bits per heavy atom. The first-order chi connectivity index (χ1) is 10.3. The van der Waals surface area contributed by atoms with Crippen molar-refractivity contribution in [3.63, 3.8) is 0 Å². The molecule has 1 aliphatic rings. The average molecular weight is 303 g/mol. The van der Waals surface area contributed by atoms with E-state index in [1.54, 1.807) is 11.3 Å². The van der Waals surface area contributed by atoms with Crippen LogP contribution in [0.5, 0.6) is 5.75 Å². The van der Waals surface area contributed by atoms with E-state index in [1.165, 1.54) is 17.6 Å². The summed E-state index contributed by atoms with van der Waals surface area (Å²) in [6, 6.07) is 12.4. The topological polar surface area (TPSA) is 47.6 Å². The molecule has 0 saturated heterocycles. The van der Waals surface area contributed by atoms with Crippen molar-refractivity contribution in [3.05, 3.63) is 51.7 Å². The van der Waals surface area contributed by atoms with Gasteiger partial charge in [0.25, 0.3) is 0 Å². The fourth-order valence-corrected chi connectivity index (χ4v) is 3.34. The van der Waals surface area contributed by atoms with Crippen molar-refractivity contribution in [2.24, 2.45) is 0 Å². The zero-order chi connectivity index (χ0) is 14.7. The molecule has 4 nitrogen and oxygen atoms in total. The van der Waals surface area contributed by atoms with E-state index in [9.17, 15) is 4.79 Å². The van der Waals surface area contributed by atoms with E-state index in [0.29, 0.717) is 13.0 Å². The van der Waals surface area contributed by atoms with E-state index in [2.05, 4.69) is 22.2 Å². The summed E-state index contributed by atoms with van der Waals surface area (Å²) in [7, 11) is 1.41. The van der Waals surface area contributed by atoms with Gasteiger partial charge in [-0.05, 0) is 18.2 Å². The van der Waals surface area contributed by atoms with Crippen LogP contribution in [0.1, 0.15) is 21.4 Å². The molecule has 5 heteroatoms. The number of carbonyl (C=O) groups excluding carboxylic acids is 1. The van der Waals surface area contributed by atoms with Crippen LogP contribution in [0, 0.1) is 0 Å². The molecule has 1 unspecified atom stereocenters. The van der Waals surface area contributed by atoms with Crippen LogP contribution < -0.4 is 10.1 Å². The summed E-state index contributed by atoms with van der Waals surface area (Å²) in [6.07, 6.45) is 0.344. The number of ether oxygens (including phenoxy) is 2. The molecule has 0 saturated carbocycles. The predicted molar refractivity (Wildman–Crippen MR) is 81.6 cm³/mol. The lowest BCUT2D eigenvalue weighted by molar-refractivity contribution is -0.139. The quantitative estimate of drug-likeness (QED) is 0.863. The number of fused-ring (bicyclic) bond motifs is 1. The first-order valence-corrected chi connectivity index (χ1v) is 7.67. The number of esters is 1. The minimum absolute atomic E-state index is 0.200. The molecule has 0 aliphatic carbocycles. The highest BCUT2D eigenvalue weighted by Crippen LogP contribution is 2.32. The van der Waals surface area contributed by atoms with Gasteiger partial charge in [0.1, 0.15) is 12.4 Å². The maximum atomic E-state index is 11.2. The van der Waals surface area contributed by atoms with Gasteiger partial charge in [-0.15, -0.1) is 11.3 Å². The predicted octanol–water partition coefficient (Wildman–Crippen LogP) is 2.69. The lowest BCUT2D eigenvalue weighted by Gasteiger charge is -2.10. The monoisotopic (exact) mass is 303 g/mol. The van der Waals surface area contributed by atoms with Crippen molar-refractivity contribution in [3.8, 4) is 5.75 Å². The Morgan fingerprint density at radius 3 is 3.00 bits per heavy atom. The third-order valence-corrected chi connectivity index (χ3v) is 4.57. The van der Waals surface area contributed by atoms with E-state index >= 15 is 0 Å². The maximum absolute atomic E-state index is 11.2. The first-order valence-electron chi connectivity index (χ1n) is 6.86. The minimum atomic E-state index is -0.200. The number of hydrogen-bond donors (Lipinski definition) is 1. The molecule has 1 aliphatic heterocycles. The summed E-state index contributed by atoms with van der Waals surface area (Å²) >= 11 is 1.64. The minimum Gasteiger partial charge on any atom is -0.491 e. The second kappa shape index (κ2) is 6.28. The summed E-state index contributed by atoms with van der Waals surface area (Å²) in [5.74, 6) is 0.766. The van der Waals surface area contributed by atoms with Gasteiger partial charge in [-0.1, -0.05) is 18.2 Å². The Hall–Kier alpha value is -1.85.